The lowest BCUT2D eigenvalue weighted by Crippen LogP contribution is -2.23. The van der Waals surface area contributed by atoms with Crippen molar-refractivity contribution in [1.29, 1.82) is 0 Å². The van der Waals surface area contributed by atoms with Gasteiger partial charge >= 0.3 is 0 Å². The smallest absolute Gasteiger partial charge is 0.175 e. The zero-order chi connectivity index (χ0) is 28.6. The van der Waals surface area contributed by atoms with Crippen molar-refractivity contribution in [1.82, 2.24) is 9.97 Å². The first kappa shape index (κ1) is 27.5. The Labute approximate surface area is 245 Å². The van der Waals surface area contributed by atoms with Crippen molar-refractivity contribution in [3.8, 4) is 11.1 Å². The number of pyridine rings is 1. The number of aromatic nitrogens is 2. The minimum Gasteiger partial charge on any atom is -0.371 e. The van der Waals surface area contributed by atoms with Crippen LogP contribution in [0, 0.1) is 5.92 Å². The monoisotopic (exact) mass is 580 g/mol. The molecule has 0 N–H and O–H groups in total. The number of sulfone groups is 1. The molecule has 0 amide bonds. The molecule has 6 rings (SSSR count). The van der Waals surface area contributed by atoms with E-state index in [1.807, 2.05) is 29.8 Å². The molecule has 7 heteroatoms. The highest BCUT2D eigenvalue weighted by Crippen LogP contribution is 2.38. The Morgan fingerprint density at radius 1 is 1.00 bits per heavy atom. The molecule has 0 spiro atoms. The predicted molar refractivity (Wildman–Crippen MR) is 168 cm³/mol. The first-order valence-corrected chi connectivity index (χ1v) is 16.5. The van der Waals surface area contributed by atoms with Crippen LogP contribution in [0.3, 0.4) is 0 Å². The molecule has 3 aromatic carbocycles. The number of fused-ring (bicyclic) bond motifs is 1. The molecule has 2 heterocycles. The maximum atomic E-state index is 12.0. The summed E-state index contributed by atoms with van der Waals surface area (Å²) in [5.41, 5.74) is 6.63. The van der Waals surface area contributed by atoms with Crippen LogP contribution in [0.4, 0.5) is 0 Å². The predicted octanol–water partition coefficient (Wildman–Crippen LogP) is 8.01. The van der Waals surface area contributed by atoms with Crippen LogP contribution in [0.1, 0.15) is 48.4 Å². The maximum absolute atomic E-state index is 12.0. The van der Waals surface area contributed by atoms with Crippen molar-refractivity contribution >= 4 is 43.7 Å². The fourth-order valence-electron chi connectivity index (χ4n) is 4.92. The van der Waals surface area contributed by atoms with Crippen LogP contribution in [0.15, 0.2) is 95.5 Å². The Hall–Kier alpha value is -3.65. The van der Waals surface area contributed by atoms with E-state index in [2.05, 4.69) is 67.4 Å². The quantitative estimate of drug-likeness (QED) is 0.165. The van der Waals surface area contributed by atoms with Gasteiger partial charge in [0.2, 0.25) is 0 Å². The number of ether oxygens (including phenoxy) is 1. The Bertz CT molecular complexity index is 1840. The van der Waals surface area contributed by atoms with Gasteiger partial charge in [0.1, 0.15) is 5.01 Å². The highest BCUT2D eigenvalue weighted by atomic mass is 32.2. The molecule has 5 aromatic rings. The lowest BCUT2D eigenvalue weighted by Gasteiger charge is -2.27. The molecule has 41 heavy (non-hydrogen) atoms. The van der Waals surface area contributed by atoms with Crippen LogP contribution in [0.25, 0.3) is 33.7 Å². The van der Waals surface area contributed by atoms with Gasteiger partial charge in [-0.15, -0.1) is 11.3 Å². The van der Waals surface area contributed by atoms with E-state index in [9.17, 15) is 8.42 Å². The summed E-state index contributed by atoms with van der Waals surface area (Å²) < 4.78 is 30.4. The number of rotatable bonds is 9. The SMILES string of the molecule is CC(C)(OCC1CC1)c1cc(-c2cccc(/C=C(/c3ccc(S(C)(=O)=O)cc3)c3nccs3)c2)c2ncccc2c1. The molecule has 0 atom stereocenters. The largest absolute Gasteiger partial charge is 0.371 e. The van der Waals surface area contributed by atoms with Gasteiger partial charge in [-0.05, 0) is 97.3 Å². The van der Waals surface area contributed by atoms with Gasteiger partial charge in [-0.1, -0.05) is 36.4 Å². The molecule has 208 valence electrons. The van der Waals surface area contributed by atoms with Crippen molar-refractivity contribution in [3.05, 3.63) is 112 Å². The van der Waals surface area contributed by atoms with Crippen molar-refractivity contribution in [2.45, 2.75) is 37.2 Å². The molecule has 0 aliphatic heterocycles. The zero-order valence-corrected chi connectivity index (χ0v) is 25.0. The van der Waals surface area contributed by atoms with Crippen LogP contribution in [0.2, 0.25) is 0 Å². The summed E-state index contributed by atoms with van der Waals surface area (Å²) in [5, 5.41) is 3.89. The Kier molecular flexibility index (Phi) is 7.36. The van der Waals surface area contributed by atoms with Crippen LogP contribution < -0.4 is 0 Å². The van der Waals surface area contributed by atoms with Crippen molar-refractivity contribution in [2.75, 3.05) is 12.9 Å². The van der Waals surface area contributed by atoms with Gasteiger partial charge in [0.05, 0.1) is 22.6 Å². The van der Waals surface area contributed by atoms with E-state index < -0.39 is 15.4 Å². The van der Waals surface area contributed by atoms with Gasteiger partial charge in [0.25, 0.3) is 0 Å². The second kappa shape index (κ2) is 11.0. The standard InChI is InChI=1S/C34H32N2O3S2/c1-34(2,39-22-23-9-10-23)28-20-27-8-5-15-35-32(27)30(21-28)26-7-4-6-24(18-26)19-31(33-36-16-17-40-33)25-11-13-29(14-12-25)41(3,37)38/h4-8,11-21,23H,9-10,22H2,1-3H3/b31-19-. The van der Waals surface area contributed by atoms with Crippen molar-refractivity contribution in [2.24, 2.45) is 5.92 Å². The Morgan fingerprint density at radius 2 is 1.80 bits per heavy atom. The maximum Gasteiger partial charge on any atom is 0.175 e. The summed E-state index contributed by atoms with van der Waals surface area (Å²) >= 11 is 1.55. The van der Waals surface area contributed by atoms with Crippen molar-refractivity contribution in [3.63, 3.8) is 0 Å². The Balaban J connectivity index is 1.43. The molecule has 0 radical (unpaired) electrons. The minimum atomic E-state index is -3.28. The van der Waals surface area contributed by atoms with E-state index >= 15 is 0 Å². The third-order valence-corrected chi connectivity index (χ3v) is 9.48. The molecule has 0 unspecified atom stereocenters. The van der Waals surface area contributed by atoms with E-state index in [4.69, 9.17) is 9.72 Å². The average Bonchev–Trinajstić information content (AvgIpc) is 3.65. The van der Waals surface area contributed by atoms with Gasteiger partial charge in [-0.25, -0.2) is 13.4 Å². The van der Waals surface area contributed by atoms with E-state index in [-0.39, 0.29) is 0 Å². The third-order valence-electron chi connectivity index (χ3n) is 7.54. The first-order chi connectivity index (χ1) is 19.7. The summed E-state index contributed by atoms with van der Waals surface area (Å²) in [6.07, 6.45) is 9.47. The van der Waals surface area contributed by atoms with Crippen LogP contribution in [0.5, 0.6) is 0 Å². The average molecular weight is 581 g/mol. The second-order valence-electron chi connectivity index (χ2n) is 11.2. The highest BCUT2D eigenvalue weighted by Gasteiger charge is 2.28. The lowest BCUT2D eigenvalue weighted by molar-refractivity contribution is -0.0272. The van der Waals surface area contributed by atoms with Gasteiger partial charge in [-0.2, -0.15) is 0 Å². The number of thiazole rings is 1. The molecule has 2 aromatic heterocycles. The molecule has 1 saturated carbocycles. The third kappa shape index (κ3) is 6.17. The number of hydrogen-bond acceptors (Lipinski definition) is 6. The number of benzene rings is 3. The lowest BCUT2D eigenvalue weighted by atomic mass is 9.90. The second-order valence-corrected chi connectivity index (χ2v) is 14.1. The topological polar surface area (TPSA) is 69.2 Å². The summed E-state index contributed by atoms with van der Waals surface area (Å²) in [7, 11) is -3.28. The highest BCUT2D eigenvalue weighted by molar-refractivity contribution is 7.90. The Morgan fingerprint density at radius 3 is 2.51 bits per heavy atom. The van der Waals surface area contributed by atoms with Gasteiger partial charge < -0.3 is 4.74 Å². The van der Waals surface area contributed by atoms with Gasteiger partial charge in [-0.3, -0.25) is 4.98 Å². The summed E-state index contributed by atoms with van der Waals surface area (Å²) in [6, 6.07) is 23.9. The van der Waals surface area contributed by atoms with Crippen molar-refractivity contribution < 1.29 is 13.2 Å². The molecule has 1 fully saturated rings. The normalized spacial score (nSPS) is 14.5. The molecular weight excluding hydrogens is 549 g/mol. The van der Waals surface area contributed by atoms with Gasteiger partial charge in [0, 0.05) is 40.6 Å². The summed E-state index contributed by atoms with van der Waals surface area (Å²) in [4.78, 5) is 9.62. The van der Waals surface area contributed by atoms with Crippen LogP contribution in [-0.2, 0) is 20.2 Å². The molecular formula is C34H32N2O3S2. The fraction of sp³-hybridized carbons (Fsp3) is 0.235. The zero-order valence-electron chi connectivity index (χ0n) is 23.4. The fourth-order valence-corrected chi connectivity index (χ4v) is 6.23. The van der Waals surface area contributed by atoms with Gasteiger partial charge in [0.15, 0.2) is 9.84 Å². The van der Waals surface area contributed by atoms with E-state index in [0.717, 1.165) is 55.9 Å². The van der Waals surface area contributed by atoms with Crippen LogP contribution >= 0.6 is 11.3 Å². The molecule has 0 saturated heterocycles. The van der Waals surface area contributed by atoms with E-state index in [1.165, 1.54) is 19.1 Å². The van der Waals surface area contributed by atoms with E-state index in [1.54, 1.807) is 29.7 Å². The number of nitrogens with zero attached hydrogens (tertiary/aromatic N) is 2. The van der Waals surface area contributed by atoms with Crippen LogP contribution in [-0.4, -0.2) is 31.2 Å². The van der Waals surface area contributed by atoms with E-state index in [0.29, 0.717) is 10.8 Å². The molecule has 0 bridgehead atoms. The molecule has 5 nitrogen and oxygen atoms in total. The summed E-state index contributed by atoms with van der Waals surface area (Å²) in [5.74, 6) is 0.689. The first-order valence-electron chi connectivity index (χ1n) is 13.7. The number of hydrogen-bond donors (Lipinski definition) is 0. The molecule has 1 aliphatic rings. The molecule has 1 aliphatic carbocycles. The minimum absolute atomic E-state index is 0.296. The summed E-state index contributed by atoms with van der Waals surface area (Å²) in [6.45, 7) is 5.08.